The quantitative estimate of drug-likeness (QED) is 0.301. The monoisotopic (exact) mass is 626 g/mol. The molecular formula is C32H38N2O7S2. The lowest BCUT2D eigenvalue weighted by molar-refractivity contribution is -0.147. The summed E-state index contributed by atoms with van der Waals surface area (Å²) in [6, 6.07) is 14.5. The molecule has 5 atom stereocenters. The van der Waals surface area contributed by atoms with Crippen molar-refractivity contribution < 1.29 is 32.5 Å². The molecule has 2 N–H and O–H groups in total. The van der Waals surface area contributed by atoms with Gasteiger partial charge in [0.1, 0.15) is 5.75 Å². The molecule has 11 heteroatoms. The van der Waals surface area contributed by atoms with Gasteiger partial charge in [-0.15, -0.1) is 11.3 Å². The van der Waals surface area contributed by atoms with Crippen LogP contribution in [0.3, 0.4) is 0 Å². The van der Waals surface area contributed by atoms with Gasteiger partial charge in [-0.1, -0.05) is 24.6 Å². The topological polar surface area (TPSA) is 114 Å². The summed E-state index contributed by atoms with van der Waals surface area (Å²) in [5.41, 5.74) is 1.12. The molecule has 2 bridgehead atoms. The molecule has 230 valence electrons. The van der Waals surface area contributed by atoms with Crippen molar-refractivity contribution in [2.24, 2.45) is 11.8 Å². The Balaban J connectivity index is 1.17. The van der Waals surface area contributed by atoms with E-state index in [4.69, 9.17) is 14.2 Å². The Bertz CT molecular complexity index is 1570. The predicted octanol–water partition coefficient (Wildman–Crippen LogP) is 4.63. The summed E-state index contributed by atoms with van der Waals surface area (Å²) in [6.07, 6.45) is 6.26. The van der Waals surface area contributed by atoms with Crippen molar-refractivity contribution in [1.82, 2.24) is 9.62 Å². The van der Waals surface area contributed by atoms with Gasteiger partial charge in [-0.2, -0.15) is 4.31 Å². The highest BCUT2D eigenvalue weighted by atomic mass is 32.2. The number of carbonyl (C=O) groups excluding carboxylic acids is 1. The number of aliphatic hydroxyl groups excluding tert-OH is 1. The van der Waals surface area contributed by atoms with Crippen molar-refractivity contribution in [3.05, 3.63) is 71.3 Å². The van der Waals surface area contributed by atoms with Crippen LogP contribution in [0.4, 0.5) is 0 Å². The van der Waals surface area contributed by atoms with Gasteiger partial charge >= 0.3 is 0 Å². The molecule has 2 aromatic carbocycles. The standard InChI is InChI=1S/C32H38N2O7S2/c1-39-24-8-10-25(11-9-24)43(37,38)34(12-14-35)13-15-40-31-19-23(27-20-42-30-5-3-2-4-26(27)30)18-29(41-31)32(36)33-28-17-21-6-7-22(28)16-21/h2-5,8-11,18,20-23,28,31,35H,6-7,12-17,19H2,1H3,(H,33,36)/t21?,22?,23-,28?,31+/m1/s1. The number of rotatable bonds is 12. The van der Waals surface area contributed by atoms with Crippen molar-refractivity contribution in [3.63, 3.8) is 0 Å². The predicted molar refractivity (Wildman–Crippen MR) is 164 cm³/mol. The van der Waals surface area contributed by atoms with Gasteiger partial charge in [0.2, 0.25) is 16.3 Å². The maximum atomic E-state index is 13.5. The first kappa shape index (κ1) is 30.1. The Kier molecular flexibility index (Phi) is 9.06. The number of allylic oxidation sites excluding steroid dienone is 1. The Morgan fingerprint density at radius 1 is 1.09 bits per heavy atom. The number of hydrogen-bond donors (Lipinski definition) is 2. The molecule has 0 radical (unpaired) electrons. The van der Waals surface area contributed by atoms with Crippen LogP contribution in [0.25, 0.3) is 10.1 Å². The highest BCUT2D eigenvalue weighted by molar-refractivity contribution is 7.89. The van der Waals surface area contributed by atoms with Crippen LogP contribution in [0.1, 0.15) is 43.6 Å². The minimum atomic E-state index is -3.88. The SMILES string of the molecule is COc1ccc(S(=O)(=O)N(CCO)CCO[C@@H]2C[C@H](c3csc4ccccc34)C=C(C(=O)NC3CC4CCC3C4)O2)cc1. The number of methoxy groups -OCH3 is 1. The summed E-state index contributed by atoms with van der Waals surface area (Å²) in [7, 11) is -2.37. The number of aliphatic hydroxyl groups is 1. The minimum Gasteiger partial charge on any atom is -0.497 e. The molecule has 2 saturated carbocycles. The minimum absolute atomic E-state index is 0.0111. The molecule has 1 amide bonds. The summed E-state index contributed by atoms with van der Waals surface area (Å²) in [6.45, 7) is -0.377. The van der Waals surface area contributed by atoms with Crippen molar-refractivity contribution >= 4 is 37.4 Å². The number of thiophene rings is 1. The van der Waals surface area contributed by atoms with Crippen LogP contribution >= 0.6 is 11.3 Å². The van der Waals surface area contributed by atoms with Gasteiger partial charge in [-0.25, -0.2) is 8.42 Å². The molecule has 3 aromatic rings. The van der Waals surface area contributed by atoms with Crippen molar-refractivity contribution in [2.45, 2.75) is 55.2 Å². The Hall–Kier alpha value is -2.96. The lowest BCUT2D eigenvalue weighted by Crippen LogP contribution is -2.41. The van der Waals surface area contributed by atoms with Gasteiger partial charge in [-0.3, -0.25) is 4.79 Å². The summed E-state index contributed by atoms with van der Waals surface area (Å²) in [5.74, 6) is 1.70. The van der Waals surface area contributed by atoms with Crippen molar-refractivity contribution in [3.8, 4) is 5.75 Å². The second kappa shape index (κ2) is 13.0. The summed E-state index contributed by atoms with van der Waals surface area (Å²) in [4.78, 5) is 13.6. The van der Waals surface area contributed by atoms with E-state index in [1.165, 1.54) is 41.1 Å². The molecule has 43 heavy (non-hydrogen) atoms. The van der Waals surface area contributed by atoms with E-state index in [1.807, 2.05) is 18.2 Å². The number of carbonyl (C=O) groups is 1. The van der Waals surface area contributed by atoms with Crippen LogP contribution < -0.4 is 10.1 Å². The van der Waals surface area contributed by atoms with Gasteiger partial charge < -0.3 is 24.6 Å². The normalized spacial score (nSPS) is 25.1. The summed E-state index contributed by atoms with van der Waals surface area (Å²) in [5, 5.41) is 16.1. The molecule has 6 rings (SSSR count). The third-order valence-electron chi connectivity index (χ3n) is 8.94. The lowest BCUT2D eigenvalue weighted by atomic mass is 9.92. The van der Waals surface area contributed by atoms with E-state index in [2.05, 4.69) is 22.8 Å². The van der Waals surface area contributed by atoms with Gasteiger partial charge in [0.05, 0.1) is 25.2 Å². The number of nitrogens with one attached hydrogen (secondary N) is 1. The van der Waals surface area contributed by atoms with Crippen LogP contribution in [0.2, 0.25) is 0 Å². The maximum absolute atomic E-state index is 13.5. The Labute approximate surface area is 256 Å². The first-order chi connectivity index (χ1) is 20.9. The summed E-state index contributed by atoms with van der Waals surface area (Å²) >= 11 is 1.67. The van der Waals surface area contributed by atoms with E-state index in [9.17, 15) is 18.3 Å². The second-order valence-electron chi connectivity index (χ2n) is 11.5. The van der Waals surface area contributed by atoms with E-state index in [0.717, 1.165) is 23.8 Å². The van der Waals surface area contributed by atoms with Crippen LogP contribution in [0, 0.1) is 11.8 Å². The van der Waals surface area contributed by atoms with Crippen LogP contribution in [-0.4, -0.2) is 69.5 Å². The number of amides is 1. The molecule has 9 nitrogen and oxygen atoms in total. The van der Waals surface area contributed by atoms with Crippen molar-refractivity contribution in [1.29, 1.82) is 0 Å². The van der Waals surface area contributed by atoms with E-state index >= 15 is 0 Å². The highest BCUT2D eigenvalue weighted by Crippen LogP contribution is 2.45. The number of fused-ring (bicyclic) bond motifs is 3. The van der Waals surface area contributed by atoms with Gasteiger partial charge in [-0.05, 0) is 83.8 Å². The number of nitrogens with zero attached hydrogens (tertiary/aromatic N) is 1. The first-order valence-electron chi connectivity index (χ1n) is 14.9. The number of ether oxygens (including phenoxy) is 3. The van der Waals surface area contributed by atoms with Crippen LogP contribution in [-0.2, 0) is 24.3 Å². The molecular weight excluding hydrogens is 588 g/mol. The van der Waals surface area contributed by atoms with Crippen LogP contribution in [0.5, 0.6) is 5.75 Å². The van der Waals surface area contributed by atoms with Crippen molar-refractivity contribution in [2.75, 3.05) is 33.4 Å². The van der Waals surface area contributed by atoms with Gasteiger partial charge in [0.25, 0.3) is 5.91 Å². The Morgan fingerprint density at radius 3 is 2.63 bits per heavy atom. The molecule has 2 aliphatic carbocycles. The highest BCUT2D eigenvalue weighted by Gasteiger charge is 2.41. The fraction of sp³-hybridized carbons (Fsp3) is 0.469. The number of sulfonamides is 1. The van der Waals surface area contributed by atoms with E-state index < -0.39 is 16.3 Å². The van der Waals surface area contributed by atoms with E-state index in [1.54, 1.807) is 23.5 Å². The number of benzene rings is 2. The molecule has 2 heterocycles. The molecule has 1 aliphatic heterocycles. The summed E-state index contributed by atoms with van der Waals surface area (Å²) < 4.78 is 46.4. The first-order valence-corrected chi connectivity index (χ1v) is 17.2. The fourth-order valence-electron chi connectivity index (χ4n) is 6.73. The van der Waals surface area contributed by atoms with E-state index in [0.29, 0.717) is 24.0 Å². The molecule has 3 unspecified atom stereocenters. The maximum Gasteiger partial charge on any atom is 0.286 e. The zero-order valence-corrected chi connectivity index (χ0v) is 25.8. The molecule has 0 saturated heterocycles. The molecule has 1 aromatic heterocycles. The average Bonchev–Trinajstić information content (AvgIpc) is 3.77. The third kappa shape index (κ3) is 6.46. The third-order valence-corrected chi connectivity index (χ3v) is 11.8. The Morgan fingerprint density at radius 2 is 1.91 bits per heavy atom. The zero-order chi connectivity index (χ0) is 30.0. The van der Waals surface area contributed by atoms with Crippen LogP contribution in [0.15, 0.2) is 70.6 Å². The van der Waals surface area contributed by atoms with Gasteiger partial charge in [0, 0.05) is 36.2 Å². The molecule has 3 aliphatic rings. The zero-order valence-electron chi connectivity index (χ0n) is 24.2. The molecule has 2 fully saturated rings. The lowest BCUT2D eigenvalue weighted by Gasteiger charge is -2.31. The largest absolute Gasteiger partial charge is 0.497 e. The fourth-order valence-corrected chi connectivity index (χ4v) is 9.17. The smallest absolute Gasteiger partial charge is 0.286 e. The molecule has 0 spiro atoms. The number of hydrogen-bond acceptors (Lipinski definition) is 8. The second-order valence-corrected chi connectivity index (χ2v) is 14.4. The van der Waals surface area contributed by atoms with E-state index in [-0.39, 0.29) is 54.8 Å². The average molecular weight is 627 g/mol. The van der Waals surface area contributed by atoms with Gasteiger partial charge in [0.15, 0.2) is 5.76 Å².